The molecule has 5 aliphatic rings. The molecule has 10 heteroatoms. The lowest BCUT2D eigenvalue weighted by atomic mass is 9.34. The molecule has 0 bridgehead atoms. The second-order valence-electron chi connectivity index (χ2n) is 18.0. The van der Waals surface area contributed by atoms with Crippen molar-refractivity contribution >= 4 is 0 Å². The zero-order valence-electron chi connectivity index (χ0n) is 30.1. The summed E-state index contributed by atoms with van der Waals surface area (Å²) in [6.45, 7) is 16.4. The molecule has 0 aromatic heterocycles. The van der Waals surface area contributed by atoms with Crippen LogP contribution in [0.4, 0.5) is 0 Å². The average Bonchev–Trinajstić information content (AvgIpc) is 3.37. The van der Waals surface area contributed by atoms with E-state index in [1.165, 1.54) is 0 Å². The monoisotopic (exact) mass is 668 g/mol. The molecule has 4 aliphatic carbocycles. The second-order valence-corrected chi connectivity index (χ2v) is 18.0. The maximum Gasteiger partial charge on any atom is 0.187 e. The lowest BCUT2D eigenvalue weighted by Crippen LogP contribution is -2.70. The number of aliphatic hydroxyl groups is 7. The van der Waals surface area contributed by atoms with Gasteiger partial charge in [0.2, 0.25) is 0 Å². The van der Waals surface area contributed by atoms with E-state index in [1.807, 2.05) is 32.9 Å². The van der Waals surface area contributed by atoms with Gasteiger partial charge in [0.15, 0.2) is 6.29 Å². The Morgan fingerprint density at radius 2 is 1.51 bits per heavy atom. The molecule has 272 valence electrons. The van der Waals surface area contributed by atoms with Crippen LogP contribution in [0.5, 0.6) is 0 Å². The molecular formula is C37H64O10. The van der Waals surface area contributed by atoms with E-state index in [-0.39, 0.29) is 39.9 Å². The topological polar surface area (TPSA) is 169 Å². The third-order valence-corrected chi connectivity index (χ3v) is 14.8. The van der Waals surface area contributed by atoms with E-state index in [0.717, 1.165) is 19.3 Å². The maximum atomic E-state index is 12.3. The number of fused-ring (bicyclic) bond motifs is 5. The van der Waals surface area contributed by atoms with Crippen LogP contribution in [-0.4, -0.2) is 110 Å². The standard InChI is InChI=1S/C37H64O10/c1-32(2,45-9)13-10-14-37(8,47-31-29(44)28(43)27(42)23(19-38)46-31)20-11-16-35(6)26(20)21(39)17-24-34(5)15-12-25(41)33(3,4)30(34)22(40)18-36(24,35)7/h10,13,20-31,38-44H,11-12,14-19H2,1-9H3/b13-10+/t20-,21+,22-,23+,24+,25-,26-,27+,28-,29+,30-,31-,34+,35+,36+,37-/m0/s1. The third kappa shape index (κ3) is 5.78. The Bertz CT molecular complexity index is 1160. The Kier molecular flexibility index (Phi) is 10.0. The number of hydrogen-bond donors (Lipinski definition) is 7. The molecule has 10 nitrogen and oxygen atoms in total. The molecule has 0 unspecified atom stereocenters. The first kappa shape index (κ1) is 37.6. The Hall–Kier alpha value is -0.660. The van der Waals surface area contributed by atoms with Crippen LogP contribution in [0.15, 0.2) is 12.2 Å². The zero-order valence-corrected chi connectivity index (χ0v) is 30.1. The summed E-state index contributed by atoms with van der Waals surface area (Å²) in [5.41, 5.74) is -2.89. The number of rotatable bonds is 8. The number of aliphatic hydroxyl groups excluding tert-OH is 7. The minimum absolute atomic E-state index is 0.0876. The quantitative estimate of drug-likeness (QED) is 0.191. The first-order valence-corrected chi connectivity index (χ1v) is 17.9. The van der Waals surface area contributed by atoms with Crippen molar-refractivity contribution in [1.82, 2.24) is 0 Å². The molecular weight excluding hydrogens is 604 g/mol. The van der Waals surface area contributed by atoms with Crippen molar-refractivity contribution in [3.63, 3.8) is 0 Å². The van der Waals surface area contributed by atoms with E-state index in [0.29, 0.717) is 25.7 Å². The van der Waals surface area contributed by atoms with Gasteiger partial charge in [0.05, 0.1) is 36.1 Å². The van der Waals surface area contributed by atoms with E-state index in [1.54, 1.807) is 7.11 Å². The summed E-state index contributed by atoms with van der Waals surface area (Å²) in [4.78, 5) is 0. The smallest absolute Gasteiger partial charge is 0.187 e. The van der Waals surface area contributed by atoms with E-state index in [2.05, 4.69) is 34.6 Å². The summed E-state index contributed by atoms with van der Waals surface area (Å²) in [7, 11) is 1.64. The van der Waals surface area contributed by atoms with Crippen LogP contribution in [0, 0.1) is 45.3 Å². The number of ether oxygens (including phenoxy) is 3. The van der Waals surface area contributed by atoms with E-state index >= 15 is 0 Å². The van der Waals surface area contributed by atoms with Crippen molar-refractivity contribution < 1.29 is 50.0 Å². The van der Waals surface area contributed by atoms with Crippen molar-refractivity contribution in [1.29, 1.82) is 0 Å². The number of methoxy groups -OCH3 is 1. The first-order valence-electron chi connectivity index (χ1n) is 17.9. The van der Waals surface area contributed by atoms with Gasteiger partial charge < -0.3 is 50.0 Å². The van der Waals surface area contributed by atoms with Gasteiger partial charge in [-0.25, -0.2) is 0 Å². The minimum Gasteiger partial charge on any atom is -0.394 e. The molecule has 5 fully saturated rings. The summed E-state index contributed by atoms with van der Waals surface area (Å²) >= 11 is 0. The predicted molar refractivity (Wildman–Crippen MR) is 176 cm³/mol. The van der Waals surface area contributed by atoms with Crippen molar-refractivity contribution in [2.75, 3.05) is 13.7 Å². The molecule has 4 saturated carbocycles. The summed E-state index contributed by atoms with van der Waals surface area (Å²) < 4.78 is 18.2. The highest BCUT2D eigenvalue weighted by molar-refractivity contribution is 5.22. The fraction of sp³-hybridized carbons (Fsp3) is 0.946. The lowest BCUT2D eigenvalue weighted by molar-refractivity contribution is -0.335. The summed E-state index contributed by atoms with van der Waals surface area (Å²) in [6.07, 6.45) is -0.205. The largest absolute Gasteiger partial charge is 0.394 e. The molecule has 1 heterocycles. The predicted octanol–water partition coefficient (Wildman–Crippen LogP) is 2.92. The summed E-state index contributed by atoms with van der Waals surface area (Å²) in [5.74, 6) is -0.326. The van der Waals surface area contributed by atoms with Crippen LogP contribution in [0.25, 0.3) is 0 Å². The Labute approximate surface area is 281 Å². The lowest BCUT2D eigenvalue weighted by Gasteiger charge is -2.71. The molecule has 1 aliphatic heterocycles. The fourth-order valence-corrected chi connectivity index (χ4v) is 12.0. The molecule has 5 rings (SSSR count). The zero-order chi connectivity index (χ0) is 35.1. The van der Waals surface area contributed by atoms with Crippen LogP contribution >= 0.6 is 0 Å². The fourth-order valence-electron chi connectivity index (χ4n) is 12.0. The van der Waals surface area contributed by atoms with Gasteiger partial charge in [-0.2, -0.15) is 0 Å². The van der Waals surface area contributed by atoms with Crippen molar-refractivity contribution in [3.05, 3.63) is 12.2 Å². The van der Waals surface area contributed by atoms with E-state index in [9.17, 15) is 35.7 Å². The molecule has 47 heavy (non-hydrogen) atoms. The average molecular weight is 669 g/mol. The molecule has 0 radical (unpaired) electrons. The minimum atomic E-state index is -1.57. The molecule has 1 saturated heterocycles. The van der Waals surface area contributed by atoms with Crippen LogP contribution in [0.3, 0.4) is 0 Å². The van der Waals surface area contributed by atoms with Gasteiger partial charge in [0, 0.05) is 7.11 Å². The van der Waals surface area contributed by atoms with Crippen LogP contribution in [0.1, 0.15) is 100 Å². The van der Waals surface area contributed by atoms with Gasteiger partial charge in [0.1, 0.15) is 24.4 Å². The summed E-state index contributed by atoms with van der Waals surface area (Å²) in [6, 6.07) is 0. The van der Waals surface area contributed by atoms with Crippen molar-refractivity contribution in [2.45, 2.75) is 161 Å². The van der Waals surface area contributed by atoms with Gasteiger partial charge in [-0.15, -0.1) is 0 Å². The van der Waals surface area contributed by atoms with Gasteiger partial charge in [-0.1, -0.05) is 46.8 Å². The van der Waals surface area contributed by atoms with Crippen LogP contribution < -0.4 is 0 Å². The third-order valence-electron chi connectivity index (χ3n) is 14.8. The maximum absolute atomic E-state index is 12.3. The molecule has 0 aromatic rings. The Morgan fingerprint density at radius 1 is 0.851 bits per heavy atom. The normalized spacial score (nSPS) is 51.2. The van der Waals surface area contributed by atoms with Gasteiger partial charge in [-0.05, 0) is 111 Å². The molecule has 0 aromatic carbocycles. The summed E-state index contributed by atoms with van der Waals surface area (Å²) in [5, 5.41) is 77.2. The second kappa shape index (κ2) is 12.5. The highest BCUT2D eigenvalue weighted by Crippen LogP contribution is 2.76. The highest BCUT2D eigenvalue weighted by Gasteiger charge is 2.73. The molecule has 0 spiro atoms. The molecule has 0 amide bonds. The SMILES string of the molecule is COC(C)(C)/C=C/C[C@](C)(O[C@@H]1O[C@H](CO)[C@@H](O)[C@H](O)[C@H]1O)[C@H]1CC[C@]2(C)[C@@H]1[C@H](O)C[C@@H]1[C@@]3(C)CC[C@H](O)C(C)(C)[C@@H]3[C@@H](O)C[C@]12C. The van der Waals surface area contributed by atoms with E-state index < -0.39 is 72.2 Å². The first-order chi connectivity index (χ1) is 21.6. The van der Waals surface area contributed by atoms with Crippen LogP contribution in [0.2, 0.25) is 0 Å². The van der Waals surface area contributed by atoms with Gasteiger partial charge >= 0.3 is 0 Å². The van der Waals surface area contributed by atoms with Crippen molar-refractivity contribution in [2.24, 2.45) is 45.3 Å². The number of hydrogen-bond acceptors (Lipinski definition) is 10. The molecule has 7 N–H and O–H groups in total. The van der Waals surface area contributed by atoms with Crippen LogP contribution in [-0.2, 0) is 14.2 Å². The highest BCUT2D eigenvalue weighted by atomic mass is 16.7. The van der Waals surface area contributed by atoms with Gasteiger partial charge in [-0.3, -0.25) is 0 Å². The Balaban J connectivity index is 1.52. The molecule has 16 atom stereocenters. The van der Waals surface area contributed by atoms with Gasteiger partial charge in [0.25, 0.3) is 0 Å². The van der Waals surface area contributed by atoms with Crippen molar-refractivity contribution in [3.8, 4) is 0 Å². The van der Waals surface area contributed by atoms with E-state index in [4.69, 9.17) is 14.2 Å². The Morgan fingerprint density at radius 3 is 2.13 bits per heavy atom.